The number of aromatic amines is 1. The molecule has 3 heterocycles. The molecule has 2 aromatic heterocycles. The molecule has 3 N–H and O–H groups in total. The van der Waals surface area contributed by atoms with Crippen molar-refractivity contribution >= 4 is 28.4 Å². The number of rotatable bonds is 6. The van der Waals surface area contributed by atoms with Crippen LogP contribution < -0.4 is 10.2 Å². The summed E-state index contributed by atoms with van der Waals surface area (Å²) in [5, 5.41) is 23.6. The highest BCUT2D eigenvalue weighted by Gasteiger charge is 2.44. The molecule has 1 saturated carbocycles. The Bertz CT molecular complexity index is 1460. The standard InChI is InChI=1S/C28H29F3N6O3/c1-16-11-34-23-9-20(2-3-22(16)23)37(27(40)24-10-21(38)14-36(24)15-32)25(17-8-18(29)13-33-12-17)26(39)35-19-4-6-28(30,31)7-5-19/h2-3,8-9,11-13,19,21,24-25,34,38H,4-7,10,14H2,1H3,(H,35,39)/t21-,24-,25?/m1/s1. The maximum absolute atomic E-state index is 14.4. The zero-order valence-corrected chi connectivity index (χ0v) is 21.8. The number of benzene rings is 1. The number of fused-ring (bicyclic) bond motifs is 1. The molecule has 1 aromatic carbocycles. The predicted octanol–water partition coefficient (Wildman–Crippen LogP) is 3.70. The summed E-state index contributed by atoms with van der Waals surface area (Å²) >= 11 is 0. The van der Waals surface area contributed by atoms with Gasteiger partial charge in [-0.3, -0.25) is 24.4 Å². The van der Waals surface area contributed by atoms with Crippen LogP contribution in [0.4, 0.5) is 18.9 Å². The number of hydrogen-bond acceptors (Lipinski definition) is 6. The minimum atomic E-state index is -2.80. The van der Waals surface area contributed by atoms with Crippen LogP contribution in [0.15, 0.2) is 42.9 Å². The van der Waals surface area contributed by atoms with Gasteiger partial charge in [0.05, 0.1) is 18.8 Å². The van der Waals surface area contributed by atoms with Crippen LogP contribution in [-0.4, -0.2) is 62.4 Å². The van der Waals surface area contributed by atoms with E-state index in [1.165, 1.54) is 11.1 Å². The maximum atomic E-state index is 14.4. The molecule has 1 unspecified atom stereocenters. The molecule has 2 aliphatic rings. The summed E-state index contributed by atoms with van der Waals surface area (Å²) in [7, 11) is 0. The third kappa shape index (κ3) is 5.47. The van der Waals surface area contributed by atoms with Gasteiger partial charge < -0.3 is 15.4 Å². The predicted molar refractivity (Wildman–Crippen MR) is 140 cm³/mol. The first-order valence-electron chi connectivity index (χ1n) is 13.1. The van der Waals surface area contributed by atoms with Gasteiger partial charge in [0, 0.05) is 59.9 Å². The van der Waals surface area contributed by atoms with E-state index in [1.807, 2.05) is 13.1 Å². The topological polar surface area (TPSA) is 125 Å². The van der Waals surface area contributed by atoms with Crippen molar-refractivity contribution in [3.05, 3.63) is 59.8 Å². The zero-order chi connectivity index (χ0) is 28.6. The number of pyridine rings is 1. The number of carbonyl (C=O) groups is 2. The van der Waals surface area contributed by atoms with Gasteiger partial charge in [-0.05, 0) is 43.5 Å². The molecule has 0 radical (unpaired) electrons. The molecule has 3 atom stereocenters. The van der Waals surface area contributed by atoms with Crippen molar-refractivity contribution < 1.29 is 27.9 Å². The molecule has 3 aromatic rings. The first-order chi connectivity index (χ1) is 19.1. The number of aliphatic hydroxyl groups is 1. The van der Waals surface area contributed by atoms with Crippen LogP contribution in [0.2, 0.25) is 0 Å². The van der Waals surface area contributed by atoms with Crippen LogP contribution in [0.5, 0.6) is 0 Å². The molecule has 2 fully saturated rings. The molecule has 2 amide bonds. The normalized spacial score (nSPS) is 21.6. The summed E-state index contributed by atoms with van der Waals surface area (Å²) in [5.41, 5.74) is 2.00. The number of alkyl halides is 2. The summed E-state index contributed by atoms with van der Waals surface area (Å²) in [5.74, 6) is -4.88. The van der Waals surface area contributed by atoms with E-state index in [2.05, 4.69) is 15.3 Å². The highest BCUT2D eigenvalue weighted by molar-refractivity contribution is 6.05. The largest absolute Gasteiger partial charge is 0.391 e. The number of carbonyl (C=O) groups excluding carboxylic acids is 2. The van der Waals surface area contributed by atoms with Gasteiger partial charge in [-0.25, -0.2) is 13.2 Å². The van der Waals surface area contributed by atoms with E-state index in [0.717, 1.165) is 28.1 Å². The highest BCUT2D eigenvalue weighted by atomic mass is 19.3. The Hall–Kier alpha value is -4.11. The third-order valence-electron chi connectivity index (χ3n) is 7.69. The molecule has 12 heteroatoms. The van der Waals surface area contributed by atoms with Crippen LogP contribution in [0.1, 0.15) is 49.3 Å². The molecule has 1 aliphatic heterocycles. The number of anilines is 1. The van der Waals surface area contributed by atoms with Gasteiger partial charge in [0.2, 0.25) is 11.8 Å². The van der Waals surface area contributed by atoms with Gasteiger partial charge >= 0.3 is 0 Å². The van der Waals surface area contributed by atoms with Crippen molar-refractivity contribution in [3.8, 4) is 6.19 Å². The van der Waals surface area contributed by atoms with Crippen molar-refractivity contribution in [2.45, 2.75) is 69.2 Å². The number of aryl methyl sites for hydroxylation is 1. The molecule has 9 nitrogen and oxygen atoms in total. The van der Waals surface area contributed by atoms with E-state index in [4.69, 9.17) is 0 Å². The van der Waals surface area contributed by atoms with E-state index in [-0.39, 0.29) is 44.2 Å². The SMILES string of the molecule is Cc1c[nH]c2cc(N(C(=O)[C@H]3C[C@@H](O)CN3C#N)C(C(=O)NC3CCC(F)(F)CC3)c3cncc(F)c3)ccc12. The van der Waals surface area contributed by atoms with Crippen molar-refractivity contribution in [1.82, 2.24) is 20.2 Å². The fraction of sp³-hybridized carbons (Fsp3) is 0.429. The number of aliphatic hydroxyl groups excluding tert-OH is 1. The summed E-state index contributed by atoms with van der Waals surface area (Å²) in [6.45, 7) is 1.86. The molecule has 1 aliphatic carbocycles. The Morgan fingerprint density at radius 2 is 2.02 bits per heavy atom. The van der Waals surface area contributed by atoms with Crippen LogP contribution in [0.3, 0.4) is 0 Å². The van der Waals surface area contributed by atoms with E-state index < -0.39 is 47.8 Å². The van der Waals surface area contributed by atoms with Crippen LogP contribution in [-0.2, 0) is 9.59 Å². The Labute approximate surface area is 228 Å². The van der Waals surface area contributed by atoms with Gasteiger partial charge in [0.25, 0.3) is 5.91 Å². The summed E-state index contributed by atoms with van der Waals surface area (Å²) < 4.78 is 42.0. The third-order valence-corrected chi connectivity index (χ3v) is 7.69. The second kappa shape index (κ2) is 10.8. The van der Waals surface area contributed by atoms with Gasteiger partial charge in [-0.15, -0.1) is 0 Å². The molecule has 40 heavy (non-hydrogen) atoms. The van der Waals surface area contributed by atoms with E-state index in [9.17, 15) is 33.1 Å². The first-order valence-corrected chi connectivity index (χ1v) is 13.1. The Balaban J connectivity index is 1.60. The number of β-amino-alcohol motifs (C(OH)–C–C–N with tert-alkyl or cyclic N) is 1. The second-order valence-corrected chi connectivity index (χ2v) is 10.5. The smallest absolute Gasteiger partial charge is 0.251 e. The van der Waals surface area contributed by atoms with Gasteiger partial charge in [0.15, 0.2) is 6.19 Å². The number of halogens is 3. The quantitative estimate of drug-likeness (QED) is 0.399. The molecule has 1 saturated heterocycles. The number of nitrogens with zero attached hydrogens (tertiary/aromatic N) is 4. The summed E-state index contributed by atoms with van der Waals surface area (Å²) in [6.07, 6.45) is 4.32. The van der Waals surface area contributed by atoms with Crippen LogP contribution >= 0.6 is 0 Å². The number of likely N-dealkylation sites (tertiary alicyclic amines) is 1. The average Bonchev–Trinajstić information content (AvgIpc) is 3.49. The Morgan fingerprint density at radius 3 is 2.73 bits per heavy atom. The fourth-order valence-corrected chi connectivity index (χ4v) is 5.59. The van der Waals surface area contributed by atoms with E-state index in [0.29, 0.717) is 11.2 Å². The summed E-state index contributed by atoms with van der Waals surface area (Å²) in [6, 6.07) is 3.12. The minimum Gasteiger partial charge on any atom is -0.391 e. The highest BCUT2D eigenvalue weighted by Crippen LogP contribution is 2.36. The van der Waals surface area contributed by atoms with E-state index >= 15 is 0 Å². The van der Waals surface area contributed by atoms with Crippen molar-refractivity contribution in [1.29, 1.82) is 5.26 Å². The van der Waals surface area contributed by atoms with Gasteiger partial charge in [0.1, 0.15) is 17.9 Å². The Morgan fingerprint density at radius 1 is 1.27 bits per heavy atom. The molecule has 210 valence electrons. The molecular formula is C28H29F3N6O3. The lowest BCUT2D eigenvalue weighted by atomic mass is 9.91. The fourth-order valence-electron chi connectivity index (χ4n) is 5.59. The molecule has 0 bridgehead atoms. The lowest BCUT2D eigenvalue weighted by Gasteiger charge is -2.36. The maximum Gasteiger partial charge on any atom is 0.251 e. The van der Waals surface area contributed by atoms with Gasteiger partial charge in [-0.2, -0.15) is 5.26 Å². The van der Waals surface area contributed by atoms with E-state index in [1.54, 1.807) is 24.4 Å². The number of H-pyrrole nitrogens is 1. The number of nitrogens with one attached hydrogen (secondary N) is 2. The number of aromatic nitrogens is 2. The van der Waals surface area contributed by atoms with Crippen molar-refractivity contribution in [2.75, 3.05) is 11.4 Å². The average molecular weight is 555 g/mol. The number of amides is 2. The van der Waals surface area contributed by atoms with Crippen molar-refractivity contribution in [2.24, 2.45) is 0 Å². The molecule has 0 spiro atoms. The van der Waals surface area contributed by atoms with Crippen molar-refractivity contribution in [3.63, 3.8) is 0 Å². The summed E-state index contributed by atoms with van der Waals surface area (Å²) in [4.78, 5) is 37.5. The number of hydrogen-bond donors (Lipinski definition) is 3. The lowest BCUT2D eigenvalue weighted by molar-refractivity contribution is -0.129. The monoisotopic (exact) mass is 554 g/mol. The number of nitriles is 1. The first kappa shape index (κ1) is 27.5. The molecular weight excluding hydrogens is 525 g/mol. The molecule has 5 rings (SSSR count). The van der Waals surface area contributed by atoms with Gasteiger partial charge in [-0.1, -0.05) is 6.07 Å². The zero-order valence-electron chi connectivity index (χ0n) is 21.8. The Kier molecular flexibility index (Phi) is 7.42. The minimum absolute atomic E-state index is 0.0415. The second-order valence-electron chi connectivity index (χ2n) is 10.5. The van der Waals surface area contributed by atoms with Crippen LogP contribution in [0, 0.1) is 24.2 Å². The van der Waals surface area contributed by atoms with Crippen LogP contribution in [0.25, 0.3) is 10.9 Å². The lowest BCUT2D eigenvalue weighted by Crippen LogP contribution is -2.52.